The molecule has 0 saturated heterocycles. The van der Waals surface area contributed by atoms with E-state index in [4.69, 9.17) is 5.26 Å². The first-order valence-electron chi connectivity index (χ1n) is 4.15. The van der Waals surface area contributed by atoms with Crippen molar-refractivity contribution in [2.45, 2.75) is 19.6 Å². The Balaban J connectivity index is 3.24. The third-order valence-corrected chi connectivity index (χ3v) is 4.00. The second-order valence-corrected chi connectivity index (χ2v) is 9.13. The summed E-state index contributed by atoms with van der Waals surface area (Å²) in [5, 5.41) is 9.75. The maximum Gasteiger partial charge on any atom is 0.140 e. The minimum absolute atomic E-state index is 0.153. The van der Waals surface area contributed by atoms with Gasteiger partial charge in [-0.25, -0.2) is 4.39 Å². The SMILES string of the molecule is C[Si](C)(C)c1ccc(F)c(C#N)c1. The molecule has 0 amide bonds. The highest BCUT2D eigenvalue weighted by Gasteiger charge is 2.17. The zero-order chi connectivity index (χ0) is 10.1. The molecule has 3 heteroatoms. The van der Waals surface area contributed by atoms with Crippen LogP contribution in [0.15, 0.2) is 18.2 Å². The third-order valence-electron chi connectivity index (χ3n) is 1.95. The summed E-state index contributed by atoms with van der Waals surface area (Å²) < 4.78 is 13.0. The lowest BCUT2D eigenvalue weighted by Gasteiger charge is -2.16. The molecule has 0 aliphatic carbocycles. The molecule has 0 aromatic heterocycles. The van der Waals surface area contributed by atoms with E-state index < -0.39 is 13.9 Å². The molecular formula is C10H12FNSi. The Morgan fingerprint density at radius 3 is 2.38 bits per heavy atom. The van der Waals surface area contributed by atoms with Crippen LogP contribution in [0.25, 0.3) is 0 Å². The Morgan fingerprint density at radius 1 is 1.31 bits per heavy atom. The number of hydrogen-bond donors (Lipinski definition) is 0. The molecule has 1 aromatic carbocycles. The van der Waals surface area contributed by atoms with Gasteiger partial charge in [0.1, 0.15) is 11.9 Å². The summed E-state index contributed by atoms with van der Waals surface area (Å²) in [4.78, 5) is 0. The van der Waals surface area contributed by atoms with Crippen molar-refractivity contribution >= 4 is 13.3 Å². The van der Waals surface area contributed by atoms with Gasteiger partial charge in [-0.2, -0.15) is 5.26 Å². The lowest BCUT2D eigenvalue weighted by atomic mass is 10.2. The zero-order valence-electron chi connectivity index (χ0n) is 8.06. The number of nitriles is 1. The van der Waals surface area contributed by atoms with E-state index in [9.17, 15) is 4.39 Å². The number of nitrogens with zero attached hydrogens (tertiary/aromatic N) is 1. The highest BCUT2D eigenvalue weighted by atomic mass is 28.3. The van der Waals surface area contributed by atoms with Crippen molar-refractivity contribution in [1.82, 2.24) is 0 Å². The van der Waals surface area contributed by atoms with Crippen LogP contribution in [0.5, 0.6) is 0 Å². The van der Waals surface area contributed by atoms with Gasteiger partial charge < -0.3 is 0 Å². The van der Waals surface area contributed by atoms with Crippen molar-refractivity contribution < 1.29 is 4.39 Å². The molecule has 0 fully saturated rings. The van der Waals surface area contributed by atoms with Crippen LogP contribution in [-0.4, -0.2) is 8.07 Å². The molecule has 0 unspecified atom stereocenters. The summed E-state index contributed by atoms with van der Waals surface area (Å²) in [6, 6.07) is 6.68. The van der Waals surface area contributed by atoms with Gasteiger partial charge in [0.05, 0.1) is 13.6 Å². The fourth-order valence-corrected chi connectivity index (χ4v) is 2.24. The van der Waals surface area contributed by atoms with E-state index in [-0.39, 0.29) is 5.56 Å². The molecule has 0 aliphatic rings. The van der Waals surface area contributed by atoms with Crippen molar-refractivity contribution in [2.24, 2.45) is 0 Å². The number of halogens is 1. The van der Waals surface area contributed by atoms with E-state index >= 15 is 0 Å². The monoisotopic (exact) mass is 193 g/mol. The normalized spacial score (nSPS) is 11.0. The summed E-state index contributed by atoms with van der Waals surface area (Å²) in [7, 11) is -1.42. The predicted molar refractivity (Wildman–Crippen MR) is 54.1 cm³/mol. The van der Waals surface area contributed by atoms with Crippen LogP contribution in [-0.2, 0) is 0 Å². The van der Waals surface area contributed by atoms with Crippen LogP contribution in [0.2, 0.25) is 19.6 Å². The maximum atomic E-state index is 13.0. The van der Waals surface area contributed by atoms with Crippen LogP contribution < -0.4 is 5.19 Å². The molecule has 0 N–H and O–H groups in total. The largest absolute Gasteiger partial charge is 0.206 e. The molecule has 0 heterocycles. The van der Waals surface area contributed by atoms with Gasteiger partial charge in [0.2, 0.25) is 0 Å². The molecule has 1 aromatic rings. The van der Waals surface area contributed by atoms with Crippen LogP contribution in [0.3, 0.4) is 0 Å². The summed E-state index contributed by atoms with van der Waals surface area (Å²) in [5.41, 5.74) is 0.153. The second-order valence-electron chi connectivity index (χ2n) is 4.06. The predicted octanol–water partition coefficient (Wildman–Crippen LogP) is 2.24. The van der Waals surface area contributed by atoms with Gasteiger partial charge in [0, 0.05) is 0 Å². The second kappa shape index (κ2) is 3.31. The number of benzene rings is 1. The van der Waals surface area contributed by atoms with E-state index in [0.29, 0.717) is 0 Å². The lowest BCUT2D eigenvalue weighted by molar-refractivity contribution is 0.624. The van der Waals surface area contributed by atoms with Crippen LogP contribution >= 0.6 is 0 Å². The Morgan fingerprint density at radius 2 is 1.92 bits per heavy atom. The Kier molecular flexibility index (Phi) is 2.53. The molecule has 1 nitrogen and oxygen atoms in total. The minimum atomic E-state index is -1.42. The zero-order valence-corrected chi connectivity index (χ0v) is 9.06. The average molecular weight is 193 g/mol. The maximum absolute atomic E-state index is 13.0. The van der Waals surface area contributed by atoms with E-state index in [1.54, 1.807) is 12.1 Å². The first kappa shape index (κ1) is 9.94. The first-order chi connectivity index (χ1) is 5.95. The minimum Gasteiger partial charge on any atom is -0.206 e. The van der Waals surface area contributed by atoms with Crippen molar-refractivity contribution in [2.75, 3.05) is 0 Å². The quantitative estimate of drug-likeness (QED) is 0.627. The molecule has 68 valence electrons. The smallest absolute Gasteiger partial charge is 0.140 e. The van der Waals surface area contributed by atoms with Gasteiger partial charge >= 0.3 is 0 Å². The van der Waals surface area contributed by atoms with Crippen molar-refractivity contribution in [1.29, 1.82) is 5.26 Å². The van der Waals surface area contributed by atoms with E-state index in [1.807, 2.05) is 6.07 Å². The molecule has 0 radical (unpaired) electrons. The Hall–Kier alpha value is -1.14. The van der Waals surface area contributed by atoms with Gasteiger partial charge in [-0.15, -0.1) is 0 Å². The van der Waals surface area contributed by atoms with Crippen LogP contribution in [0, 0.1) is 17.1 Å². The molecule has 0 atom stereocenters. The van der Waals surface area contributed by atoms with Crippen molar-refractivity contribution in [3.63, 3.8) is 0 Å². The van der Waals surface area contributed by atoms with E-state index in [2.05, 4.69) is 19.6 Å². The molecule has 13 heavy (non-hydrogen) atoms. The van der Waals surface area contributed by atoms with E-state index in [0.717, 1.165) is 5.19 Å². The van der Waals surface area contributed by atoms with Crippen LogP contribution in [0.1, 0.15) is 5.56 Å². The number of rotatable bonds is 1. The lowest BCUT2D eigenvalue weighted by Crippen LogP contribution is -2.37. The highest BCUT2D eigenvalue weighted by molar-refractivity contribution is 6.88. The summed E-state index contributed by atoms with van der Waals surface area (Å²) in [6.07, 6.45) is 0. The summed E-state index contributed by atoms with van der Waals surface area (Å²) in [5.74, 6) is -0.426. The standard InChI is InChI=1S/C10H12FNSi/c1-13(2,3)9-4-5-10(11)8(6-9)7-12/h4-6H,1-3H3. The van der Waals surface area contributed by atoms with Gasteiger partial charge in [-0.1, -0.05) is 30.9 Å². The van der Waals surface area contributed by atoms with Gasteiger partial charge in [-0.3, -0.25) is 0 Å². The Bertz CT molecular complexity index is 360. The van der Waals surface area contributed by atoms with E-state index in [1.165, 1.54) is 6.07 Å². The molecular weight excluding hydrogens is 181 g/mol. The van der Waals surface area contributed by atoms with Crippen molar-refractivity contribution in [3.05, 3.63) is 29.6 Å². The third kappa shape index (κ3) is 2.16. The Labute approximate surface area is 78.8 Å². The number of hydrogen-bond acceptors (Lipinski definition) is 1. The fourth-order valence-electron chi connectivity index (χ4n) is 1.08. The van der Waals surface area contributed by atoms with Gasteiger partial charge in [-0.05, 0) is 12.1 Å². The molecule has 0 bridgehead atoms. The fraction of sp³-hybridized carbons (Fsp3) is 0.300. The van der Waals surface area contributed by atoms with Crippen LogP contribution in [0.4, 0.5) is 4.39 Å². The van der Waals surface area contributed by atoms with Gasteiger partial charge in [0.25, 0.3) is 0 Å². The molecule has 0 spiro atoms. The van der Waals surface area contributed by atoms with Gasteiger partial charge in [0.15, 0.2) is 0 Å². The summed E-state index contributed by atoms with van der Waals surface area (Å²) >= 11 is 0. The first-order valence-corrected chi connectivity index (χ1v) is 7.65. The molecule has 1 rings (SSSR count). The molecule has 0 saturated carbocycles. The average Bonchev–Trinajstić information content (AvgIpc) is 2.03. The molecule has 0 aliphatic heterocycles. The topological polar surface area (TPSA) is 23.8 Å². The van der Waals surface area contributed by atoms with Crippen molar-refractivity contribution in [3.8, 4) is 6.07 Å². The highest BCUT2D eigenvalue weighted by Crippen LogP contribution is 2.08. The summed E-state index contributed by atoms with van der Waals surface area (Å²) in [6.45, 7) is 6.50.